The number of morpholine rings is 1. The van der Waals surface area contributed by atoms with Crippen molar-refractivity contribution in [1.29, 1.82) is 0 Å². The van der Waals surface area contributed by atoms with Crippen LogP contribution in [0, 0.1) is 6.92 Å². The smallest absolute Gasteiger partial charge is 0.191 e. The molecule has 1 heterocycles. The zero-order valence-corrected chi connectivity index (χ0v) is 16.8. The summed E-state index contributed by atoms with van der Waals surface area (Å²) >= 11 is 0. The lowest BCUT2D eigenvalue weighted by Gasteiger charge is -2.38. The molecule has 1 aliphatic heterocycles. The molecule has 2 rings (SSSR count). The van der Waals surface area contributed by atoms with Gasteiger partial charge < -0.3 is 20.1 Å². The van der Waals surface area contributed by atoms with Crippen LogP contribution in [0.1, 0.15) is 25.0 Å². The van der Waals surface area contributed by atoms with E-state index in [1.807, 2.05) is 7.05 Å². The maximum atomic E-state index is 5.52. The van der Waals surface area contributed by atoms with Gasteiger partial charge in [-0.15, -0.1) is 0 Å². The number of ether oxygens (including phenoxy) is 2. The second-order valence-electron chi connectivity index (χ2n) is 6.94. The molecule has 0 aromatic heterocycles. The predicted molar refractivity (Wildman–Crippen MR) is 107 cm³/mol. The van der Waals surface area contributed by atoms with E-state index in [1.165, 1.54) is 5.56 Å². The van der Waals surface area contributed by atoms with Crippen LogP contribution in [0.3, 0.4) is 0 Å². The molecule has 146 valence electrons. The zero-order valence-electron chi connectivity index (χ0n) is 16.8. The molecule has 0 radical (unpaired) electrons. The van der Waals surface area contributed by atoms with Crippen LogP contribution in [0.5, 0.6) is 5.75 Å². The van der Waals surface area contributed by atoms with Crippen molar-refractivity contribution >= 4 is 5.96 Å². The predicted octanol–water partition coefficient (Wildman–Crippen LogP) is 1.82. The molecule has 6 heteroatoms. The minimum atomic E-state index is 0.439. The van der Waals surface area contributed by atoms with E-state index in [9.17, 15) is 0 Å². The Balaban J connectivity index is 1.75. The molecule has 1 aromatic carbocycles. The third kappa shape index (κ3) is 5.88. The molecule has 0 bridgehead atoms. The Labute approximate surface area is 158 Å². The van der Waals surface area contributed by atoms with E-state index in [0.29, 0.717) is 12.1 Å². The van der Waals surface area contributed by atoms with Crippen molar-refractivity contribution < 1.29 is 9.47 Å². The molecule has 1 saturated heterocycles. The maximum Gasteiger partial charge on any atom is 0.191 e. The Morgan fingerprint density at radius 2 is 2.23 bits per heavy atom. The van der Waals surface area contributed by atoms with E-state index in [2.05, 4.69) is 59.5 Å². The van der Waals surface area contributed by atoms with Crippen molar-refractivity contribution in [3.63, 3.8) is 0 Å². The summed E-state index contributed by atoms with van der Waals surface area (Å²) in [5, 5.41) is 6.83. The van der Waals surface area contributed by atoms with Crippen LogP contribution < -0.4 is 15.4 Å². The van der Waals surface area contributed by atoms with Gasteiger partial charge in [0.1, 0.15) is 5.75 Å². The molecule has 0 aliphatic carbocycles. The van der Waals surface area contributed by atoms with Gasteiger partial charge in [0, 0.05) is 38.8 Å². The zero-order chi connectivity index (χ0) is 18.9. The summed E-state index contributed by atoms with van der Waals surface area (Å²) in [5.74, 6) is 1.79. The van der Waals surface area contributed by atoms with Crippen LogP contribution in [0.2, 0.25) is 0 Å². The molecule has 6 nitrogen and oxygen atoms in total. The molecular formula is C20H34N4O2. The average molecular weight is 363 g/mol. The standard InChI is InChI=1S/C20H34N4O2/c1-15-6-7-18(12-19(15)25-5)8-9-22-20(21-4)23-13-16(2)24-10-11-26-14-17(24)3/h6-7,12,16-17H,8-11,13-14H2,1-5H3,(H2,21,22,23). The molecule has 2 atom stereocenters. The Kier molecular flexibility index (Phi) is 8.19. The number of aliphatic imine (C=N–C) groups is 1. The Morgan fingerprint density at radius 1 is 1.42 bits per heavy atom. The fourth-order valence-corrected chi connectivity index (χ4v) is 3.32. The third-order valence-electron chi connectivity index (χ3n) is 4.95. The molecule has 1 aromatic rings. The van der Waals surface area contributed by atoms with Gasteiger partial charge >= 0.3 is 0 Å². The van der Waals surface area contributed by atoms with Gasteiger partial charge in [-0.2, -0.15) is 0 Å². The molecule has 0 amide bonds. The average Bonchev–Trinajstić information content (AvgIpc) is 2.65. The second-order valence-corrected chi connectivity index (χ2v) is 6.94. The number of guanidine groups is 1. The minimum absolute atomic E-state index is 0.439. The van der Waals surface area contributed by atoms with E-state index < -0.39 is 0 Å². The number of nitrogens with zero attached hydrogens (tertiary/aromatic N) is 2. The van der Waals surface area contributed by atoms with E-state index in [0.717, 1.165) is 56.5 Å². The normalized spacial score (nSPS) is 19.9. The van der Waals surface area contributed by atoms with E-state index in [4.69, 9.17) is 9.47 Å². The number of hydrogen-bond acceptors (Lipinski definition) is 4. The minimum Gasteiger partial charge on any atom is -0.496 e. The van der Waals surface area contributed by atoms with Gasteiger partial charge in [0.05, 0.1) is 20.3 Å². The topological polar surface area (TPSA) is 58.1 Å². The highest BCUT2D eigenvalue weighted by Crippen LogP contribution is 2.19. The molecule has 2 N–H and O–H groups in total. The highest BCUT2D eigenvalue weighted by molar-refractivity contribution is 5.79. The van der Waals surface area contributed by atoms with Crippen LogP contribution in [-0.4, -0.2) is 69.9 Å². The van der Waals surface area contributed by atoms with Gasteiger partial charge in [0.25, 0.3) is 0 Å². The largest absolute Gasteiger partial charge is 0.496 e. The van der Waals surface area contributed by atoms with Crippen molar-refractivity contribution in [2.75, 3.05) is 47.0 Å². The van der Waals surface area contributed by atoms with Gasteiger partial charge in [-0.1, -0.05) is 12.1 Å². The number of nitrogens with one attached hydrogen (secondary N) is 2. The third-order valence-corrected chi connectivity index (χ3v) is 4.95. The van der Waals surface area contributed by atoms with E-state index >= 15 is 0 Å². The fraction of sp³-hybridized carbons (Fsp3) is 0.650. The fourth-order valence-electron chi connectivity index (χ4n) is 3.32. The van der Waals surface area contributed by atoms with Crippen LogP contribution in [-0.2, 0) is 11.2 Å². The van der Waals surface area contributed by atoms with Gasteiger partial charge in [0.2, 0.25) is 0 Å². The summed E-state index contributed by atoms with van der Waals surface area (Å²) < 4.78 is 10.9. The van der Waals surface area contributed by atoms with Gasteiger partial charge in [-0.3, -0.25) is 9.89 Å². The molecule has 1 aliphatic rings. The number of rotatable bonds is 7. The Morgan fingerprint density at radius 3 is 2.92 bits per heavy atom. The van der Waals surface area contributed by atoms with E-state index in [-0.39, 0.29) is 0 Å². The molecule has 0 saturated carbocycles. The lowest BCUT2D eigenvalue weighted by Crippen LogP contribution is -2.53. The van der Waals surface area contributed by atoms with E-state index in [1.54, 1.807) is 7.11 Å². The number of methoxy groups -OCH3 is 1. The number of aryl methyl sites for hydroxylation is 1. The maximum absolute atomic E-state index is 5.52. The highest BCUT2D eigenvalue weighted by atomic mass is 16.5. The van der Waals surface area contributed by atoms with Crippen molar-refractivity contribution in [3.05, 3.63) is 29.3 Å². The molecule has 1 fully saturated rings. The number of hydrogen-bond donors (Lipinski definition) is 2. The SMILES string of the molecule is CN=C(NCCc1ccc(C)c(OC)c1)NCC(C)N1CCOCC1C. The highest BCUT2D eigenvalue weighted by Gasteiger charge is 2.23. The lowest BCUT2D eigenvalue weighted by atomic mass is 10.1. The van der Waals surface area contributed by atoms with Crippen molar-refractivity contribution in [1.82, 2.24) is 15.5 Å². The first kappa shape index (κ1) is 20.5. The summed E-state index contributed by atoms with van der Waals surface area (Å²) in [6, 6.07) is 7.26. The molecular weight excluding hydrogens is 328 g/mol. The number of benzene rings is 1. The first-order valence-electron chi connectivity index (χ1n) is 9.46. The van der Waals surface area contributed by atoms with Gasteiger partial charge in [-0.05, 0) is 44.4 Å². The quantitative estimate of drug-likeness (QED) is 0.572. The Hall–Kier alpha value is -1.79. The summed E-state index contributed by atoms with van der Waals surface area (Å²) in [6.07, 6.45) is 0.924. The molecule has 26 heavy (non-hydrogen) atoms. The first-order valence-corrected chi connectivity index (χ1v) is 9.46. The van der Waals surface area contributed by atoms with Crippen LogP contribution >= 0.6 is 0 Å². The van der Waals surface area contributed by atoms with Crippen LogP contribution in [0.15, 0.2) is 23.2 Å². The van der Waals surface area contributed by atoms with Crippen molar-refractivity contribution in [2.24, 2.45) is 4.99 Å². The summed E-state index contributed by atoms with van der Waals surface area (Å²) in [5.41, 5.74) is 2.42. The van der Waals surface area contributed by atoms with Crippen molar-refractivity contribution in [2.45, 2.75) is 39.3 Å². The first-order chi connectivity index (χ1) is 12.5. The van der Waals surface area contributed by atoms with Crippen LogP contribution in [0.25, 0.3) is 0 Å². The lowest BCUT2D eigenvalue weighted by molar-refractivity contribution is -0.0174. The van der Waals surface area contributed by atoms with Crippen molar-refractivity contribution in [3.8, 4) is 5.75 Å². The summed E-state index contributed by atoms with van der Waals surface area (Å²) in [4.78, 5) is 6.82. The molecule has 0 spiro atoms. The Bertz CT molecular complexity index is 591. The van der Waals surface area contributed by atoms with Crippen LogP contribution in [0.4, 0.5) is 0 Å². The molecule has 2 unspecified atom stereocenters. The second kappa shape index (κ2) is 10.4. The van der Waals surface area contributed by atoms with Gasteiger partial charge in [0.15, 0.2) is 5.96 Å². The summed E-state index contributed by atoms with van der Waals surface area (Å²) in [7, 11) is 3.53. The van der Waals surface area contributed by atoms with Gasteiger partial charge in [-0.25, -0.2) is 0 Å². The summed E-state index contributed by atoms with van der Waals surface area (Å²) in [6.45, 7) is 10.9. The monoisotopic (exact) mass is 362 g/mol.